The third-order valence-electron chi connectivity index (χ3n) is 2.83. The molecule has 100 valence electrons. The Bertz CT molecular complexity index is 405. The Balaban J connectivity index is 2.54. The van der Waals surface area contributed by atoms with Crippen LogP contribution in [0.4, 0.5) is 0 Å². The van der Waals surface area contributed by atoms with Crippen molar-refractivity contribution in [2.75, 3.05) is 11.9 Å². The number of amides is 1. The molecule has 2 nitrogen and oxygen atoms in total. The van der Waals surface area contributed by atoms with Gasteiger partial charge in [0.25, 0.3) is 5.91 Å². The SMILES string of the molecule is CC(C)(CCCBr)CNC(=O)c1ccccc1Br. The highest BCUT2D eigenvalue weighted by Crippen LogP contribution is 2.22. The normalized spacial score (nSPS) is 11.3. The maximum absolute atomic E-state index is 12.0. The van der Waals surface area contributed by atoms with Gasteiger partial charge in [-0.05, 0) is 46.3 Å². The van der Waals surface area contributed by atoms with Crippen LogP contribution in [0, 0.1) is 5.41 Å². The first-order chi connectivity index (χ1) is 8.46. The van der Waals surface area contributed by atoms with Crippen LogP contribution in [0.15, 0.2) is 28.7 Å². The van der Waals surface area contributed by atoms with E-state index in [0.29, 0.717) is 12.1 Å². The molecule has 0 atom stereocenters. The van der Waals surface area contributed by atoms with Gasteiger partial charge in [0.2, 0.25) is 0 Å². The number of carbonyl (C=O) groups is 1. The van der Waals surface area contributed by atoms with Crippen molar-refractivity contribution in [1.29, 1.82) is 0 Å². The number of benzene rings is 1. The van der Waals surface area contributed by atoms with Crippen molar-refractivity contribution in [3.8, 4) is 0 Å². The van der Waals surface area contributed by atoms with Crippen molar-refractivity contribution in [3.05, 3.63) is 34.3 Å². The number of hydrogen-bond acceptors (Lipinski definition) is 1. The van der Waals surface area contributed by atoms with Crippen LogP contribution < -0.4 is 5.32 Å². The predicted molar refractivity (Wildman–Crippen MR) is 83.3 cm³/mol. The number of rotatable bonds is 6. The summed E-state index contributed by atoms with van der Waals surface area (Å²) in [6, 6.07) is 7.48. The van der Waals surface area contributed by atoms with Crippen LogP contribution in [0.25, 0.3) is 0 Å². The van der Waals surface area contributed by atoms with E-state index in [0.717, 1.165) is 22.6 Å². The standard InChI is InChI=1S/C14H19Br2NO/c1-14(2,8-5-9-15)10-17-13(18)11-6-3-4-7-12(11)16/h3-4,6-7H,5,8-10H2,1-2H3,(H,17,18). The van der Waals surface area contributed by atoms with Gasteiger partial charge in [0.1, 0.15) is 0 Å². The second-order valence-electron chi connectivity index (χ2n) is 5.12. The van der Waals surface area contributed by atoms with Crippen LogP contribution in [0.2, 0.25) is 0 Å². The lowest BCUT2D eigenvalue weighted by molar-refractivity contribution is 0.0934. The maximum Gasteiger partial charge on any atom is 0.252 e. The van der Waals surface area contributed by atoms with E-state index in [2.05, 4.69) is 51.0 Å². The first-order valence-corrected chi connectivity index (χ1v) is 7.96. The topological polar surface area (TPSA) is 29.1 Å². The lowest BCUT2D eigenvalue weighted by Gasteiger charge is -2.24. The van der Waals surface area contributed by atoms with E-state index in [1.54, 1.807) is 0 Å². The van der Waals surface area contributed by atoms with E-state index >= 15 is 0 Å². The summed E-state index contributed by atoms with van der Waals surface area (Å²) in [7, 11) is 0. The van der Waals surface area contributed by atoms with Gasteiger partial charge in [-0.2, -0.15) is 0 Å². The van der Waals surface area contributed by atoms with E-state index in [-0.39, 0.29) is 11.3 Å². The zero-order chi connectivity index (χ0) is 13.6. The third kappa shape index (κ3) is 5.11. The van der Waals surface area contributed by atoms with Crippen LogP contribution in [0.5, 0.6) is 0 Å². The van der Waals surface area contributed by atoms with E-state index in [9.17, 15) is 4.79 Å². The smallest absolute Gasteiger partial charge is 0.252 e. The fraction of sp³-hybridized carbons (Fsp3) is 0.500. The summed E-state index contributed by atoms with van der Waals surface area (Å²) in [4.78, 5) is 12.0. The van der Waals surface area contributed by atoms with Gasteiger partial charge in [-0.3, -0.25) is 4.79 Å². The fourth-order valence-corrected chi connectivity index (χ4v) is 2.44. The molecule has 0 radical (unpaired) electrons. The van der Waals surface area contributed by atoms with Gasteiger partial charge in [0, 0.05) is 16.3 Å². The summed E-state index contributed by atoms with van der Waals surface area (Å²) in [5, 5.41) is 4.01. The highest BCUT2D eigenvalue weighted by Gasteiger charge is 2.19. The second kappa shape index (κ2) is 7.29. The number of hydrogen-bond donors (Lipinski definition) is 1. The molecular formula is C14H19Br2NO. The average Bonchev–Trinajstić information content (AvgIpc) is 2.34. The summed E-state index contributed by atoms with van der Waals surface area (Å²) < 4.78 is 0.834. The molecule has 0 bridgehead atoms. The zero-order valence-electron chi connectivity index (χ0n) is 10.8. The molecule has 1 N–H and O–H groups in total. The number of alkyl halides is 1. The Labute approximate surface area is 126 Å². The Morgan fingerprint density at radius 3 is 2.61 bits per heavy atom. The van der Waals surface area contributed by atoms with E-state index in [1.165, 1.54) is 0 Å². The van der Waals surface area contributed by atoms with Gasteiger partial charge in [-0.15, -0.1) is 0 Å². The number of carbonyl (C=O) groups excluding carboxylic acids is 1. The fourth-order valence-electron chi connectivity index (χ4n) is 1.69. The van der Waals surface area contributed by atoms with Crippen molar-refractivity contribution < 1.29 is 4.79 Å². The highest BCUT2D eigenvalue weighted by molar-refractivity contribution is 9.10. The average molecular weight is 377 g/mol. The molecule has 0 spiro atoms. The largest absolute Gasteiger partial charge is 0.351 e. The summed E-state index contributed by atoms with van der Waals surface area (Å²) in [5.41, 5.74) is 0.818. The first kappa shape index (κ1) is 15.7. The molecule has 1 aromatic rings. The predicted octanol–water partition coefficient (Wildman–Crippen LogP) is 4.38. The zero-order valence-corrected chi connectivity index (χ0v) is 14.0. The molecule has 0 saturated carbocycles. The van der Waals surface area contributed by atoms with E-state index < -0.39 is 0 Å². The van der Waals surface area contributed by atoms with Gasteiger partial charge >= 0.3 is 0 Å². The third-order valence-corrected chi connectivity index (χ3v) is 4.09. The van der Waals surface area contributed by atoms with Crippen molar-refractivity contribution in [3.63, 3.8) is 0 Å². The molecule has 1 aromatic carbocycles. The Kier molecular flexibility index (Phi) is 6.36. The van der Waals surface area contributed by atoms with Crippen molar-refractivity contribution in [2.45, 2.75) is 26.7 Å². The Morgan fingerprint density at radius 2 is 2.00 bits per heavy atom. The molecule has 0 aliphatic rings. The van der Waals surface area contributed by atoms with Crippen LogP contribution in [0.3, 0.4) is 0 Å². The van der Waals surface area contributed by atoms with Crippen LogP contribution >= 0.6 is 31.9 Å². The summed E-state index contributed by atoms with van der Waals surface area (Å²) in [5.74, 6) is -0.0191. The quantitative estimate of drug-likeness (QED) is 0.733. The molecule has 0 aliphatic carbocycles. The molecule has 1 amide bonds. The molecule has 0 aliphatic heterocycles. The highest BCUT2D eigenvalue weighted by atomic mass is 79.9. The molecule has 18 heavy (non-hydrogen) atoms. The summed E-state index contributed by atoms with van der Waals surface area (Å²) in [6.07, 6.45) is 2.21. The van der Waals surface area contributed by atoms with E-state index in [1.807, 2.05) is 24.3 Å². The van der Waals surface area contributed by atoms with Crippen molar-refractivity contribution in [1.82, 2.24) is 5.32 Å². The van der Waals surface area contributed by atoms with Gasteiger partial charge in [0.05, 0.1) is 5.56 Å². The minimum absolute atomic E-state index is 0.0191. The van der Waals surface area contributed by atoms with Crippen molar-refractivity contribution >= 4 is 37.8 Å². The van der Waals surface area contributed by atoms with Crippen LogP contribution in [0.1, 0.15) is 37.0 Å². The summed E-state index contributed by atoms with van der Waals surface area (Å²) >= 11 is 6.83. The Morgan fingerprint density at radius 1 is 1.33 bits per heavy atom. The monoisotopic (exact) mass is 375 g/mol. The minimum atomic E-state index is -0.0191. The minimum Gasteiger partial charge on any atom is -0.351 e. The number of nitrogens with one attached hydrogen (secondary N) is 1. The molecule has 0 aromatic heterocycles. The molecule has 0 heterocycles. The van der Waals surface area contributed by atoms with Crippen molar-refractivity contribution in [2.24, 2.45) is 5.41 Å². The molecule has 0 fully saturated rings. The molecule has 0 saturated heterocycles. The lowest BCUT2D eigenvalue weighted by Crippen LogP contribution is -2.34. The molecule has 4 heteroatoms. The summed E-state index contributed by atoms with van der Waals surface area (Å²) in [6.45, 7) is 5.05. The van der Waals surface area contributed by atoms with Gasteiger partial charge < -0.3 is 5.32 Å². The van der Waals surface area contributed by atoms with Crippen LogP contribution in [-0.2, 0) is 0 Å². The first-order valence-electron chi connectivity index (χ1n) is 6.05. The lowest BCUT2D eigenvalue weighted by atomic mass is 9.88. The second-order valence-corrected chi connectivity index (χ2v) is 6.77. The van der Waals surface area contributed by atoms with E-state index in [4.69, 9.17) is 0 Å². The maximum atomic E-state index is 12.0. The molecular weight excluding hydrogens is 358 g/mol. The van der Waals surface area contributed by atoms with Gasteiger partial charge in [0.15, 0.2) is 0 Å². The van der Waals surface area contributed by atoms with Gasteiger partial charge in [-0.25, -0.2) is 0 Å². The molecule has 1 rings (SSSR count). The Hall–Kier alpha value is -0.350. The molecule has 0 unspecified atom stereocenters. The van der Waals surface area contributed by atoms with Gasteiger partial charge in [-0.1, -0.05) is 41.9 Å². The van der Waals surface area contributed by atoms with Crippen LogP contribution in [-0.4, -0.2) is 17.8 Å². The number of halogens is 2.